The fourth-order valence-corrected chi connectivity index (χ4v) is 4.29. The number of thioether (sulfide) groups is 1. The molecule has 4 aromatic rings. The Hall–Kier alpha value is -2.55. The second-order valence-corrected chi connectivity index (χ2v) is 10.2. The van der Waals surface area contributed by atoms with E-state index in [1.165, 1.54) is 11.8 Å². The third kappa shape index (κ3) is 6.07. The molecule has 8 heteroatoms. The lowest BCUT2D eigenvalue weighted by Gasteiger charge is -2.11. The number of halogens is 2. The molecule has 3 aromatic carbocycles. The van der Waals surface area contributed by atoms with Gasteiger partial charge in [0.15, 0.2) is 0 Å². The molecule has 0 unspecified atom stereocenters. The quantitative estimate of drug-likeness (QED) is 0.246. The predicted octanol–water partition coefficient (Wildman–Crippen LogP) is 7.08. The highest BCUT2D eigenvalue weighted by Crippen LogP contribution is 2.31. The van der Waals surface area contributed by atoms with E-state index in [-0.39, 0.29) is 11.7 Å². The highest BCUT2D eigenvalue weighted by Gasteiger charge is 2.15. The standard InChI is InChI=1S/C25H20Br2N4OS/c1-15-3-4-16(2)21(13-15)28-22(32)14-33-25-29-23(17-5-9-19(26)10-6-17)24(30-31-25)18-7-11-20(27)12-8-18/h3-13H,14H2,1-2H3,(H,28,32). The van der Waals surface area contributed by atoms with Gasteiger partial charge >= 0.3 is 0 Å². The van der Waals surface area contributed by atoms with Crippen molar-refractivity contribution < 1.29 is 4.79 Å². The zero-order valence-electron chi connectivity index (χ0n) is 18.0. The molecule has 0 bridgehead atoms. The summed E-state index contributed by atoms with van der Waals surface area (Å²) in [7, 11) is 0. The fourth-order valence-electron chi connectivity index (χ4n) is 3.17. The van der Waals surface area contributed by atoms with Crippen molar-refractivity contribution in [3.63, 3.8) is 0 Å². The van der Waals surface area contributed by atoms with Crippen LogP contribution in [0.4, 0.5) is 5.69 Å². The van der Waals surface area contributed by atoms with Crippen molar-refractivity contribution in [1.82, 2.24) is 15.2 Å². The number of hydrogen-bond acceptors (Lipinski definition) is 5. The zero-order valence-corrected chi connectivity index (χ0v) is 22.0. The second-order valence-electron chi connectivity index (χ2n) is 7.46. The van der Waals surface area contributed by atoms with Gasteiger partial charge in [-0.1, -0.05) is 80.0 Å². The van der Waals surface area contributed by atoms with Gasteiger partial charge in [0.1, 0.15) is 11.4 Å². The van der Waals surface area contributed by atoms with Gasteiger partial charge in [-0.2, -0.15) is 0 Å². The number of anilines is 1. The number of aryl methyl sites for hydroxylation is 2. The fraction of sp³-hybridized carbons (Fsp3) is 0.120. The molecule has 1 amide bonds. The van der Waals surface area contributed by atoms with Gasteiger partial charge in [0.05, 0.1) is 5.75 Å². The first-order valence-corrected chi connectivity index (χ1v) is 12.7. The molecule has 1 N–H and O–H groups in total. The van der Waals surface area contributed by atoms with Crippen LogP contribution < -0.4 is 5.32 Å². The number of aromatic nitrogens is 3. The summed E-state index contributed by atoms with van der Waals surface area (Å²) in [6, 6.07) is 21.8. The largest absolute Gasteiger partial charge is 0.325 e. The van der Waals surface area contributed by atoms with E-state index >= 15 is 0 Å². The van der Waals surface area contributed by atoms with Crippen LogP contribution in [-0.4, -0.2) is 26.8 Å². The molecule has 0 radical (unpaired) electrons. The molecule has 0 saturated carbocycles. The minimum absolute atomic E-state index is 0.112. The third-order valence-electron chi connectivity index (χ3n) is 4.90. The van der Waals surface area contributed by atoms with Crippen LogP contribution in [0, 0.1) is 13.8 Å². The monoisotopic (exact) mass is 582 g/mol. The van der Waals surface area contributed by atoms with E-state index in [2.05, 4.69) is 47.4 Å². The van der Waals surface area contributed by atoms with E-state index in [1.54, 1.807) is 0 Å². The third-order valence-corrected chi connectivity index (χ3v) is 6.80. The van der Waals surface area contributed by atoms with Crippen LogP contribution in [0.5, 0.6) is 0 Å². The zero-order chi connectivity index (χ0) is 23.4. The predicted molar refractivity (Wildman–Crippen MR) is 141 cm³/mol. The summed E-state index contributed by atoms with van der Waals surface area (Å²) in [5, 5.41) is 12.2. The van der Waals surface area contributed by atoms with Gasteiger partial charge in [-0.25, -0.2) is 4.98 Å². The van der Waals surface area contributed by atoms with E-state index in [4.69, 9.17) is 4.98 Å². The van der Waals surface area contributed by atoms with Crippen molar-refractivity contribution >= 4 is 55.2 Å². The number of hydrogen-bond donors (Lipinski definition) is 1. The first-order chi connectivity index (χ1) is 15.9. The molecule has 0 saturated heterocycles. The summed E-state index contributed by atoms with van der Waals surface area (Å²) in [6.07, 6.45) is 0. The van der Waals surface area contributed by atoms with Crippen molar-refractivity contribution in [1.29, 1.82) is 0 Å². The highest BCUT2D eigenvalue weighted by molar-refractivity contribution is 9.10. The number of benzene rings is 3. The number of carbonyl (C=O) groups excluding carboxylic acids is 1. The van der Waals surface area contributed by atoms with Crippen molar-refractivity contribution in [3.05, 3.63) is 86.8 Å². The first-order valence-electron chi connectivity index (χ1n) is 10.2. The molecule has 1 aromatic heterocycles. The molecule has 4 rings (SSSR count). The molecular formula is C25H20Br2N4OS. The summed E-state index contributed by atoms with van der Waals surface area (Å²) >= 11 is 8.21. The Morgan fingerprint density at radius 2 is 1.45 bits per heavy atom. The lowest BCUT2D eigenvalue weighted by Crippen LogP contribution is -2.15. The summed E-state index contributed by atoms with van der Waals surface area (Å²) < 4.78 is 1.97. The van der Waals surface area contributed by atoms with Crippen LogP contribution in [0.25, 0.3) is 22.5 Å². The summed E-state index contributed by atoms with van der Waals surface area (Å²) in [5.41, 5.74) is 6.19. The van der Waals surface area contributed by atoms with Gasteiger partial charge in [-0.15, -0.1) is 10.2 Å². The Balaban J connectivity index is 1.58. The lowest BCUT2D eigenvalue weighted by atomic mass is 10.0. The summed E-state index contributed by atoms with van der Waals surface area (Å²) in [5.74, 6) is 0.0754. The summed E-state index contributed by atoms with van der Waals surface area (Å²) in [4.78, 5) is 17.3. The molecule has 0 fully saturated rings. The molecule has 33 heavy (non-hydrogen) atoms. The Kier molecular flexibility index (Phi) is 7.57. The summed E-state index contributed by atoms with van der Waals surface area (Å²) in [6.45, 7) is 3.97. The maximum absolute atomic E-state index is 12.5. The Bertz CT molecular complexity index is 1300. The van der Waals surface area contributed by atoms with E-state index in [9.17, 15) is 4.79 Å². The molecule has 0 aliphatic carbocycles. The topological polar surface area (TPSA) is 67.8 Å². The minimum Gasteiger partial charge on any atom is -0.325 e. The first kappa shape index (κ1) is 23.6. The lowest BCUT2D eigenvalue weighted by molar-refractivity contribution is -0.113. The molecule has 5 nitrogen and oxygen atoms in total. The molecule has 0 aliphatic heterocycles. The smallest absolute Gasteiger partial charge is 0.234 e. The maximum atomic E-state index is 12.5. The number of nitrogens with zero attached hydrogens (tertiary/aromatic N) is 3. The van der Waals surface area contributed by atoms with Crippen molar-refractivity contribution in [2.24, 2.45) is 0 Å². The highest BCUT2D eigenvalue weighted by atomic mass is 79.9. The molecule has 166 valence electrons. The van der Waals surface area contributed by atoms with Gasteiger partial charge in [-0.05, 0) is 55.3 Å². The Morgan fingerprint density at radius 3 is 2.09 bits per heavy atom. The number of nitrogens with one attached hydrogen (secondary N) is 1. The molecule has 0 spiro atoms. The van der Waals surface area contributed by atoms with Crippen molar-refractivity contribution in [2.75, 3.05) is 11.1 Å². The molecular weight excluding hydrogens is 564 g/mol. The van der Waals surface area contributed by atoms with Gasteiger partial charge in [0.25, 0.3) is 0 Å². The molecule has 0 atom stereocenters. The van der Waals surface area contributed by atoms with E-state index in [0.29, 0.717) is 10.9 Å². The van der Waals surface area contributed by atoms with E-state index in [0.717, 1.165) is 42.6 Å². The molecule has 0 aliphatic rings. The van der Waals surface area contributed by atoms with Gasteiger partial charge in [0, 0.05) is 25.8 Å². The van der Waals surface area contributed by atoms with Crippen molar-refractivity contribution in [3.8, 4) is 22.5 Å². The van der Waals surface area contributed by atoms with Gasteiger partial charge in [0.2, 0.25) is 11.1 Å². The van der Waals surface area contributed by atoms with Crippen molar-refractivity contribution in [2.45, 2.75) is 19.0 Å². The van der Waals surface area contributed by atoms with Crippen LogP contribution in [0.2, 0.25) is 0 Å². The van der Waals surface area contributed by atoms with Gasteiger partial charge in [-0.3, -0.25) is 4.79 Å². The second kappa shape index (κ2) is 10.6. The SMILES string of the molecule is Cc1ccc(C)c(NC(=O)CSc2nnc(-c3ccc(Br)cc3)c(-c3ccc(Br)cc3)n2)c1. The van der Waals surface area contributed by atoms with Crippen LogP contribution in [-0.2, 0) is 4.79 Å². The Morgan fingerprint density at radius 1 is 0.848 bits per heavy atom. The van der Waals surface area contributed by atoms with Crippen LogP contribution in [0.1, 0.15) is 11.1 Å². The number of rotatable bonds is 6. The van der Waals surface area contributed by atoms with Crippen LogP contribution in [0.3, 0.4) is 0 Å². The maximum Gasteiger partial charge on any atom is 0.234 e. The van der Waals surface area contributed by atoms with Crippen LogP contribution >= 0.6 is 43.6 Å². The van der Waals surface area contributed by atoms with E-state index in [1.807, 2.05) is 80.6 Å². The Labute approximate surface area is 213 Å². The average Bonchev–Trinajstić information content (AvgIpc) is 2.81. The molecule has 1 heterocycles. The minimum atomic E-state index is -0.112. The van der Waals surface area contributed by atoms with Gasteiger partial charge < -0.3 is 5.32 Å². The van der Waals surface area contributed by atoms with Crippen LogP contribution in [0.15, 0.2) is 80.8 Å². The number of amides is 1. The van der Waals surface area contributed by atoms with E-state index < -0.39 is 0 Å². The number of carbonyl (C=O) groups is 1. The average molecular weight is 584 g/mol. The normalized spacial score (nSPS) is 10.8.